The van der Waals surface area contributed by atoms with Crippen LogP contribution in [0.4, 0.5) is 0 Å². The van der Waals surface area contributed by atoms with E-state index in [2.05, 4.69) is 19.2 Å². The molecule has 0 saturated carbocycles. The van der Waals surface area contributed by atoms with E-state index in [-0.39, 0.29) is 18.9 Å². The fraction of sp³-hybridized carbons (Fsp3) is 0.588. The molecule has 0 aromatic heterocycles. The molecule has 5 nitrogen and oxygen atoms in total. The first kappa shape index (κ1) is 19.6. The number of hydrogen-bond acceptors (Lipinski definition) is 3. The Kier molecular flexibility index (Phi) is 7.72. The second-order valence-corrected chi connectivity index (χ2v) is 8.34. The van der Waals surface area contributed by atoms with Crippen molar-refractivity contribution in [1.82, 2.24) is 9.62 Å². The highest BCUT2D eigenvalue weighted by atomic mass is 32.2. The van der Waals surface area contributed by atoms with Gasteiger partial charge in [-0.25, -0.2) is 12.7 Å². The van der Waals surface area contributed by atoms with Crippen LogP contribution >= 0.6 is 0 Å². The van der Waals surface area contributed by atoms with Crippen molar-refractivity contribution >= 4 is 15.9 Å². The number of carbonyl (C=O) groups excluding carboxylic acids is 1. The van der Waals surface area contributed by atoms with Crippen LogP contribution < -0.4 is 5.32 Å². The maximum atomic E-state index is 11.9. The highest BCUT2D eigenvalue weighted by molar-refractivity contribution is 7.88. The highest BCUT2D eigenvalue weighted by Gasteiger charge is 2.17. The van der Waals surface area contributed by atoms with Gasteiger partial charge in [0.1, 0.15) is 0 Å². The number of hydrogen-bond donors (Lipinski definition) is 1. The SMILES string of the molecule is Cc1ccc(CNC(=O)CCN(CCC(C)C)S(C)(=O)=O)cc1. The third-order valence-electron chi connectivity index (χ3n) is 3.62. The van der Waals surface area contributed by atoms with Gasteiger partial charge >= 0.3 is 0 Å². The zero-order valence-corrected chi connectivity index (χ0v) is 15.3. The van der Waals surface area contributed by atoms with Crippen LogP contribution in [0.15, 0.2) is 24.3 Å². The lowest BCUT2D eigenvalue weighted by Crippen LogP contribution is -2.35. The van der Waals surface area contributed by atoms with E-state index in [9.17, 15) is 13.2 Å². The number of nitrogens with one attached hydrogen (secondary N) is 1. The van der Waals surface area contributed by atoms with Gasteiger partial charge in [0, 0.05) is 26.1 Å². The van der Waals surface area contributed by atoms with Crippen molar-refractivity contribution in [2.45, 2.75) is 40.2 Å². The lowest BCUT2D eigenvalue weighted by atomic mass is 10.1. The molecule has 0 aliphatic heterocycles. The average molecular weight is 340 g/mol. The molecule has 0 bridgehead atoms. The van der Waals surface area contributed by atoms with Gasteiger partial charge in [-0.15, -0.1) is 0 Å². The monoisotopic (exact) mass is 340 g/mol. The molecule has 0 fully saturated rings. The molecule has 0 spiro atoms. The summed E-state index contributed by atoms with van der Waals surface area (Å²) in [5.41, 5.74) is 2.21. The zero-order valence-electron chi connectivity index (χ0n) is 14.5. The van der Waals surface area contributed by atoms with Crippen molar-refractivity contribution in [2.24, 2.45) is 5.92 Å². The molecule has 1 N–H and O–H groups in total. The van der Waals surface area contributed by atoms with E-state index in [1.54, 1.807) is 0 Å². The topological polar surface area (TPSA) is 66.5 Å². The van der Waals surface area contributed by atoms with Crippen molar-refractivity contribution in [3.63, 3.8) is 0 Å². The third-order valence-corrected chi connectivity index (χ3v) is 4.93. The van der Waals surface area contributed by atoms with Crippen LogP contribution in [0.1, 0.15) is 37.8 Å². The summed E-state index contributed by atoms with van der Waals surface area (Å²) in [5.74, 6) is 0.290. The smallest absolute Gasteiger partial charge is 0.221 e. The predicted molar refractivity (Wildman–Crippen MR) is 93.5 cm³/mol. The zero-order chi connectivity index (χ0) is 17.5. The Morgan fingerprint density at radius 3 is 2.30 bits per heavy atom. The summed E-state index contributed by atoms with van der Waals surface area (Å²) in [7, 11) is -3.27. The molecule has 0 aliphatic carbocycles. The van der Waals surface area contributed by atoms with Crippen LogP contribution in [0.2, 0.25) is 0 Å². The third kappa shape index (κ3) is 8.13. The number of carbonyl (C=O) groups is 1. The second-order valence-electron chi connectivity index (χ2n) is 6.36. The Hall–Kier alpha value is -1.40. The summed E-state index contributed by atoms with van der Waals surface area (Å²) in [6, 6.07) is 7.94. The van der Waals surface area contributed by atoms with Crippen molar-refractivity contribution < 1.29 is 13.2 Å². The Bertz CT molecular complexity index is 595. The highest BCUT2D eigenvalue weighted by Crippen LogP contribution is 2.07. The van der Waals surface area contributed by atoms with E-state index in [1.165, 1.54) is 16.1 Å². The molecule has 0 unspecified atom stereocenters. The normalized spacial score (nSPS) is 11.9. The molecule has 0 heterocycles. The van der Waals surface area contributed by atoms with Crippen LogP contribution in [0.25, 0.3) is 0 Å². The summed E-state index contributed by atoms with van der Waals surface area (Å²) in [5, 5.41) is 2.83. The van der Waals surface area contributed by atoms with E-state index < -0.39 is 10.0 Å². The Labute approximate surface area is 140 Å². The number of nitrogens with zero attached hydrogens (tertiary/aromatic N) is 1. The molecule has 0 radical (unpaired) electrons. The van der Waals surface area contributed by atoms with Crippen molar-refractivity contribution in [1.29, 1.82) is 0 Å². The Morgan fingerprint density at radius 1 is 1.17 bits per heavy atom. The minimum Gasteiger partial charge on any atom is -0.352 e. The molecule has 1 aromatic rings. The van der Waals surface area contributed by atoms with Crippen LogP contribution in [0.3, 0.4) is 0 Å². The lowest BCUT2D eigenvalue weighted by Gasteiger charge is -2.20. The van der Waals surface area contributed by atoms with Gasteiger partial charge in [0.15, 0.2) is 0 Å². The van der Waals surface area contributed by atoms with E-state index in [0.29, 0.717) is 19.0 Å². The molecular formula is C17H28N2O3S. The maximum Gasteiger partial charge on any atom is 0.221 e. The number of rotatable bonds is 9. The second kappa shape index (κ2) is 9.03. The summed E-state index contributed by atoms with van der Waals surface area (Å²) < 4.78 is 24.9. The minimum absolute atomic E-state index is 0.135. The molecule has 0 aliphatic rings. The van der Waals surface area contributed by atoms with Gasteiger partial charge in [-0.05, 0) is 24.8 Å². The molecule has 0 saturated heterocycles. The van der Waals surface area contributed by atoms with E-state index in [4.69, 9.17) is 0 Å². The van der Waals surface area contributed by atoms with Crippen molar-refractivity contribution in [3.8, 4) is 0 Å². The van der Waals surface area contributed by atoms with Crippen LogP contribution in [-0.4, -0.2) is 38.0 Å². The standard InChI is InChI=1S/C17H28N2O3S/c1-14(2)9-11-19(23(4,21)22)12-10-17(20)18-13-16-7-5-15(3)6-8-16/h5-8,14H,9-13H2,1-4H3,(H,18,20). The van der Waals surface area contributed by atoms with Gasteiger partial charge in [0.25, 0.3) is 0 Å². The van der Waals surface area contributed by atoms with E-state index in [0.717, 1.165) is 12.0 Å². The lowest BCUT2D eigenvalue weighted by molar-refractivity contribution is -0.121. The molecular weight excluding hydrogens is 312 g/mol. The van der Waals surface area contributed by atoms with Crippen LogP contribution in [0, 0.1) is 12.8 Å². The largest absolute Gasteiger partial charge is 0.352 e. The molecule has 6 heteroatoms. The van der Waals surface area contributed by atoms with E-state index in [1.807, 2.05) is 31.2 Å². The molecule has 0 atom stereocenters. The first-order valence-electron chi connectivity index (χ1n) is 7.96. The van der Waals surface area contributed by atoms with E-state index >= 15 is 0 Å². The minimum atomic E-state index is -3.27. The fourth-order valence-corrected chi connectivity index (χ4v) is 2.93. The summed E-state index contributed by atoms with van der Waals surface area (Å²) >= 11 is 0. The van der Waals surface area contributed by atoms with Crippen molar-refractivity contribution in [2.75, 3.05) is 19.3 Å². The first-order chi connectivity index (χ1) is 10.7. The number of aryl methyl sites for hydroxylation is 1. The molecule has 1 rings (SSSR count). The summed E-state index contributed by atoms with van der Waals surface area (Å²) in [4.78, 5) is 11.9. The number of sulfonamides is 1. The quantitative estimate of drug-likeness (QED) is 0.750. The molecule has 23 heavy (non-hydrogen) atoms. The average Bonchev–Trinajstić information content (AvgIpc) is 2.44. The molecule has 1 aromatic carbocycles. The first-order valence-corrected chi connectivity index (χ1v) is 9.80. The van der Waals surface area contributed by atoms with Gasteiger partial charge in [0.05, 0.1) is 6.26 Å². The predicted octanol–water partition coefficient (Wildman–Crippen LogP) is 2.31. The van der Waals surface area contributed by atoms with Gasteiger partial charge in [0.2, 0.25) is 15.9 Å². The van der Waals surface area contributed by atoms with Crippen LogP contribution in [0.5, 0.6) is 0 Å². The van der Waals surface area contributed by atoms with Gasteiger partial charge in [-0.3, -0.25) is 4.79 Å². The Morgan fingerprint density at radius 2 is 1.78 bits per heavy atom. The number of benzene rings is 1. The molecule has 130 valence electrons. The fourth-order valence-electron chi connectivity index (χ4n) is 2.07. The molecule has 1 amide bonds. The van der Waals surface area contributed by atoms with Gasteiger partial charge in [-0.1, -0.05) is 43.7 Å². The maximum absolute atomic E-state index is 11.9. The number of amides is 1. The van der Waals surface area contributed by atoms with Crippen molar-refractivity contribution in [3.05, 3.63) is 35.4 Å². The van der Waals surface area contributed by atoms with Gasteiger partial charge < -0.3 is 5.32 Å². The van der Waals surface area contributed by atoms with Crippen LogP contribution in [-0.2, 0) is 21.4 Å². The Balaban J connectivity index is 2.43. The summed E-state index contributed by atoms with van der Waals surface area (Å²) in [6.07, 6.45) is 2.16. The summed E-state index contributed by atoms with van der Waals surface area (Å²) in [6.45, 7) is 7.26. The van der Waals surface area contributed by atoms with Gasteiger partial charge in [-0.2, -0.15) is 0 Å².